The number of ketones is 1. The zero-order valence-electron chi connectivity index (χ0n) is 21.0. The second kappa shape index (κ2) is 12.1. The van der Waals surface area contributed by atoms with Gasteiger partial charge in [0, 0.05) is 0 Å². The zero-order valence-corrected chi connectivity index (χ0v) is 22.6. The number of aromatic nitrogens is 1. The first-order valence-corrected chi connectivity index (χ1v) is 14.0. The molecular formula is C23H32BN5O5S2. The van der Waals surface area contributed by atoms with Crippen LogP contribution in [0.25, 0.3) is 0 Å². The number of aryl methyl sites for hydroxylation is 1. The first kappa shape index (κ1) is 27.9. The summed E-state index contributed by atoms with van der Waals surface area (Å²) in [5.74, 6) is 0.435. The summed E-state index contributed by atoms with van der Waals surface area (Å²) in [5, 5.41) is 5.12. The van der Waals surface area contributed by atoms with E-state index < -0.39 is 16.1 Å². The van der Waals surface area contributed by atoms with Crippen LogP contribution in [0.5, 0.6) is 5.75 Å². The molecule has 2 heterocycles. The Morgan fingerprint density at radius 2 is 2.14 bits per heavy atom. The number of methoxy groups -OCH3 is 1. The minimum absolute atomic E-state index is 0.0509. The second-order valence-electron chi connectivity index (χ2n) is 8.92. The van der Waals surface area contributed by atoms with Crippen LogP contribution in [0.3, 0.4) is 0 Å². The van der Waals surface area contributed by atoms with E-state index >= 15 is 0 Å². The van der Waals surface area contributed by atoms with Crippen molar-refractivity contribution in [1.82, 2.24) is 15.2 Å². The van der Waals surface area contributed by atoms with E-state index in [0.29, 0.717) is 41.4 Å². The minimum atomic E-state index is -4.06. The molecule has 1 aromatic heterocycles. The van der Waals surface area contributed by atoms with E-state index in [2.05, 4.69) is 14.7 Å². The van der Waals surface area contributed by atoms with Gasteiger partial charge in [-0.3, -0.25) is 0 Å². The van der Waals surface area contributed by atoms with Gasteiger partial charge in [0.15, 0.2) is 0 Å². The van der Waals surface area contributed by atoms with Crippen molar-refractivity contribution in [2.24, 2.45) is 16.0 Å². The van der Waals surface area contributed by atoms with Gasteiger partial charge in [0.2, 0.25) is 0 Å². The van der Waals surface area contributed by atoms with E-state index in [0.717, 1.165) is 25.6 Å². The van der Waals surface area contributed by atoms with Crippen LogP contribution in [0.4, 0.5) is 0 Å². The Kier molecular flexibility index (Phi) is 9.37. The van der Waals surface area contributed by atoms with Crippen molar-refractivity contribution in [1.29, 1.82) is 0 Å². The Morgan fingerprint density at radius 3 is 2.78 bits per heavy atom. The molecule has 1 aromatic carbocycles. The third kappa shape index (κ3) is 6.37. The molecule has 1 aliphatic heterocycles. The van der Waals surface area contributed by atoms with E-state index in [1.807, 2.05) is 0 Å². The maximum atomic E-state index is 13.2. The number of hydrogen-bond donors (Lipinski definition) is 2. The third-order valence-corrected chi connectivity index (χ3v) is 8.85. The number of ether oxygens (including phenoxy) is 1. The summed E-state index contributed by atoms with van der Waals surface area (Å²) in [6.45, 7) is 6.25. The number of carbonyl (C=O) groups is 1. The van der Waals surface area contributed by atoms with Crippen LogP contribution >= 0.6 is 11.3 Å². The number of nitrogens with zero attached hydrogens (tertiary/aromatic N) is 3. The number of hydrogen-bond acceptors (Lipinski definition) is 8. The molecule has 1 aliphatic rings. The molecule has 1 unspecified atom stereocenters. The Hall–Kier alpha value is -2.64. The SMILES string of the molecule is COc1cc(C)c(S(=O)(=O)/N=C(\N)N2CCC[C@H](CC(NCB=O)C(=O)c3nccs3)C2)c(C)c1C. The van der Waals surface area contributed by atoms with E-state index in [9.17, 15) is 17.9 Å². The summed E-state index contributed by atoms with van der Waals surface area (Å²) in [6, 6.07) is 1.12. The number of nitrogens with two attached hydrogens (primary N) is 1. The number of Topliss-reactive ketones (excluding diaryl/α,β-unsaturated/α-hetero) is 1. The number of sulfonamides is 1. The number of benzene rings is 1. The summed E-state index contributed by atoms with van der Waals surface area (Å²) in [6.07, 6.45) is 3.71. The van der Waals surface area contributed by atoms with Crippen LogP contribution in [0, 0.1) is 26.7 Å². The smallest absolute Gasteiger partial charge is 0.0380 e. The third-order valence-electron chi connectivity index (χ3n) is 6.49. The molecule has 194 valence electrons. The van der Waals surface area contributed by atoms with Crippen LogP contribution in [0.1, 0.15) is 45.8 Å². The first-order chi connectivity index (χ1) is 17.1. The fraction of sp³-hybridized carbons (Fsp3) is 0.522. The van der Waals surface area contributed by atoms with Crippen molar-refractivity contribution in [3.05, 3.63) is 39.3 Å². The van der Waals surface area contributed by atoms with E-state index in [1.165, 1.54) is 11.3 Å². The number of thiazole rings is 1. The summed E-state index contributed by atoms with van der Waals surface area (Å²) >= 11 is 1.26. The van der Waals surface area contributed by atoms with E-state index in [-0.39, 0.29) is 29.0 Å². The molecule has 2 atom stereocenters. The molecule has 0 bridgehead atoms. The normalized spacial score (nSPS) is 17.5. The van der Waals surface area contributed by atoms with Gasteiger partial charge in [0.25, 0.3) is 0 Å². The average Bonchev–Trinajstić information content (AvgIpc) is 3.38. The van der Waals surface area contributed by atoms with Crippen LogP contribution in [0.2, 0.25) is 0 Å². The van der Waals surface area contributed by atoms with Gasteiger partial charge in [0.1, 0.15) is 5.75 Å². The molecule has 1 saturated heterocycles. The van der Waals surface area contributed by atoms with Gasteiger partial charge in [-0.05, 0) is 32.4 Å². The summed E-state index contributed by atoms with van der Waals surface area (Å²) in [5.41, 5.74) is 8.05. The fourth-order valence-electron chi connectivity index (χ4n) is 4.62. The molecule has 1 fully saturated rings. The van der Waals surface area contributed by atoms with Crippen molar-refractivity contribution in [2.45, 2.75) is 51.0 Å². The Balaban J connectivity index is 1.79. The summed E-state index contributed by atoms with van der Waals surface area (Å²) in [7, 11) is -1.80. The number of guanidine groups is 1. The van der Waals surface area contributed by atoms with Gasteiger partial charge in [0.05, 0.1) is 7.11 Å². The topological polar surface area (TPSA) is 144 Å². The Labute approximate surface area is 216 Å². The molecule has 0 aliphatic carbocycles. The van der Waals surface area contributed by atoms with Gasteiger partial charge < -0.3 is 4.74 Å². The molecule has 3 rings (SSSR count). The van der Waals surface area contributed by atoms with Crippen molar-refractivity contribution in [3.63, 3.8) is 0 Å². The van der Waals surface area contributed by atoms with Crippen LogP contribution in [-0.4, -0.2) is 69.9 Å². The molecular weight excluding hydrogens is 501 g/mol. The Morgan fingerprint density at radius 1 is 1.39 bits per heavy atom. The first-order valence-electron chi connectivity index (χ1n) is 11.7. The summed E-state index contributed by atoms with van der Waals surface area (Å²) in [4.78, 5) is 18.9. The van der Waals surface area contributed by atoms with Gasteiger partial charge in [-0.25, -0.2) is 0 Å². The summed E-state index contributed by atoms with van der Waals surface area (Å²) < 4.78 is 46.7. The van der Waals surface area contributed by atoms with E-state index in [4.69, 9.17) is 10.5 Å². The van der Waals surface area contributed by atoms with Gasteiger partial charge in [-0.2, -0.15) is 0 Å². The van der Waals surface area contributed by atoms with Crippen molar-refractivity contribution in [3.8, 4) is 5.75 Å². The molecule has 0 amide bonds. The number of rotatable bonds is 10. The zero-order chi connectivity index (χ0) is 26.5. The van der Waals surface area contributed by atoms with Crippen molar-refractivity contribution in [2.75, 3.05) is 26.6 Å². The standard InChI is InChI=1S/C23H32BN5O5S2/c1-14-10-19(34-4)15(2)16(3)21(14)36(32,33)28-23(25)29-8-5-6-17(12-29)11-18(27-13-24-31)20(30)22-26-7-9-35-22/h7,9-10,17-18,27H,5-6,8,11-13H2,1-4H3,(H2,25,28)/t17-,18?/m1/s1. The number of likely N-dealkylation sites (tertiary alicyclic amines) is 1. The minimum Gasteiger partial charge on any atom is -0.0380 e. The van der Waals surface area contributed by atoms with Gasteiger partial charge in [-0.15, -0.1) is 0 Å². The number of carbonyl (C=O) groups excluding carboxylic acids is 1. The predicted molar refractivity (Wildman–Crippen MR) is 140 cm³/mol. The van der Waals surface area contributed by atoms with Crippen LogP contribution < -0.4 is 15.8 Å². The molecule has 10 nitrogen and oxygen atoms in total. The molecule has 0 saturated carbocycles. The second-order valence-corrected chi connectivity index (χ2v) is 11.4. The molecule has 0 spiro atoms. The van der Waals surface area contributed by atoms with Crippen LogP contribution in [0.15, 0.2) is 26.9 Å². The molecule has 3 N–H and O–H groups in total. The van der Waals surface area contributed by atoms with Gasteiger partial charge >= 0.3 is 167 Å². The quantitative estimate of drug-likeness (QED) is 0.203. The average molecular weight is 533 g/mol. The number of piperidine rings is 1. The predicted octanol–water partition coefficient (Wildman–Crippen LogP) is 2.03. The maximum absolute atomic E-state index is 13.2. The van der Waals surface area contributed by atoms with Crippen LogP contribution in [-0.2, 0) is 14.7 Å². The molecule has 13 heteroatoms. The molecule has 2 aromatic rings. The van der Waals surface area contributed by atoms with Crippen molar-refractivity contribution < 1.29 is 22.7 Å². The molecule has 0 radical (unpaired) electrons. The fourth-order valence-corrected chi connectivity index (χ4v) is 6.71. The van der Waals surface area contributed by atoms with Gasteiger partial charge in [-0.1, -0.05) is 0 Å². The van der Waals surface area contributed by atoms with E-state index in [1.54, 1.807) is 50.4 Å². The Bertz CT molecular complexity index is 1230. The number of nitrogens with one attached hydrogen (secondary N) is 1. The monoisotopic (exact) mass is 533 g/mol. The molecule has 36 heavy (non-hydrogen) atoms. The van der Waals surface area contributed by atoms with Crippen molar-refractivity contribution >= 4 is 40.3 Å².